The molecule has 0 aromatic carbocycles. The molecule has 0 spiro atoms. The Morgan fingerprint density at radius 3 is 2.89 bits per heavy atom. The number of aliphatic hydroxyl groups excluding tert-OH is 1. The van der Waals surface area contributed by atoms with Crippen molar-refractivity contribution >= 4 is 5.82 Å². The van der Waals surface area contributed by atoms with Gasteiger partial charge in [-0.3, -0.25) is 4.79 Å². The average molecular weight is 251 g/mol. The molecule has 1 aromatic rings. The van der Waals surface area contributed by atoms with E-state index in [1.807, 2.05) is 0 Å². The number of rotatable bonds is 6. The van der Waals surface area contributed by atoms with Crippen LogP contribution in [-0.4, -0.2) is 27.7 Å². The summed E-state index contributed by atoms with van der Waals surface area (Å²) in [5.74, 6) is 2.20. The van der Waals surface area contributed by atoms with Crippen molar-refractivity contribution in [3.05, 3.63) is 22.2 Å². The van der Waals surface area contributed by atoms with Gasteiger partial charge in [-0.15, -0.1) is 0 Å². The molecule has 1 fully saturated rings. The van der Waals surface area contributed by atoms with E-state index >= 15 is 0 Å². The highest BCUT2D eigenvalue weighted by Gasteiger charge is 2.26. The molecule has 1 atom stereocenters. The highest BCUT2D eigenvalue weighted by atomic mass is 16.3. The summed E-state index contributed by atoms with van der Waals surface area (Å²) in [4.78, 5) is 18.6. The molecule has 18 heavy (non-hydrogen) atoms. The maximum Gasteiger partial charge on any atom is 0.252 e. The number of anilines is 1. The average Bonchev–Trinajstić information content (AvgIpc) is 3.08. The normalized spacial score (nSPS) is 16.9. The molecule has 1 saturated carbocycles. The Morgan fingerprint density at radius 2 is 2.28 bits per heavy atom. The fourth-order valence-corrected chi connectivity index (χ4v) is 1.97. The highest BCUT2D eigenvalue weighted by molar-refractivity contribution is 5.34. The van der Waals surface area contributed by atoms with E-state index < -0.39 is 6.10 Å². The standard InChI is InChI=1S/C13H21N3O2/c1-8(2)5-10(17)7-14-11-6-12(18)16-13(15-11)9-3-4-9/h6,8-10,17H,3-5,7H2,1-2H3,(H2,14,15,16,18). The van der Waals surface area contributed by atoms with E-state index in [0.717, 1.165) is 25.1 Å². The van der Waals surface area contributed by atoms with Gasteiger partial charge in [0.25, 0.3) is 5.56 Å². The highest BCUT2D eigenvalue weighted by Crippen LogP contribution is 2.37. The monoisotopic (exact) mass is 251 g/mol. The summed E-state index contributed by atoms with van der Waals surface area (Å²) in [6.07, 6.45) is 2.53. The molecular formula is C13H21N3O2. The van der Waals surface area contributed by atoms with Crippen LogP contribution in [0.2, 0.25) is 0 Å². The summed E-state index contributed by atoms with van der Waals surface area (Å²) in [6.45, 7) is 4.57. The minimum Gasteiger partial charge on any atom is -0.391 e. The molecule has 0 saturated heterocycles. The quantitative estimate of drug-likeness (QED) is 0.715. The minimum atomic E-state index is -0.407. The molecule has 5 heteroatoms. The molecule has 0 aliphatic heterocycles. The van der Waals surface area contributed by atoms with E-state index in [9.17, 15) is 9.90 Å². The van der Waals surface area contributed by atoms with Crippen molar-refractivity contribution in [2.45, 2.75) is 45.1 Å². The number of H-pyrrole nitrogens is 1. The molecule has 1 aromatic heterocycles. The van der Waals surface area contributed by atoms with Crippen molar-refractivity contribution in [3.63, 3.8) is 0 Å². The van der Waals surface area contributed by atoms with Crippen LogP contribution in [0.15, 0.2) is 10.9 Å². The van der Waals surface area contributed by atoms with Gasteiger partial charge < -0.3 is 15.4 Å². The molecule has 0 bridgehead atoms. The maximum atomic E-state index is 11.5. The van der Waals surface area contributed by atoms with Gasteiger partial charge in [0, 0.05) is 18.5 Å². The summed E-state index contributed by atoms with van der Waals surface area (Å²) in [5.41, 5.74) is -0.132. The lowest BCUT2D eigenvalue weighted by molar-refractivity contribution is 0.161. The van der Waals surface area contributed by atoms with Crippen molar-refractivity contribution in [3.8, 4) is 0 Å². The van der Waals surface area contributed by atoms with Crippen LogP contribution in [0.5, 0.6) is 0 Å². The Bertz CT molecular complexity index is 452. The van der Waals surface area contributed by atoms with Crippen molar-refractivity contribution in [2.75, 3.05) is 11.9 Å². The SMILES string of the molecule is CC(C)CC(O)CNc1cc(=O)[nH]c(C2CC2)n1. The fourth-order valence-electron chi connectivity index (χ4n) is 1.97. The Balaban J connectivity index is 1.94. The third-order valence-corrected chi connectivity index (χ3v) is 2.99. The fraction of sp³-hybridized carbons (Fsp3) is 0.692. The van der Waals surface area contributed by atoms with E-state index in [1.165, 1.54) is 6.07 Å². The zero-order chi connectivity index (χ0) is 13.1. The second-order valence-electron chi connectivity index (χ2n) is 5.45. The first-order valence-corrected chi connectivity index (χ1v) is 6.58. The molecular weight excluding hydrogens is 230 g/mol. The molecule has 2 rings (SSSR count). The molecule has 100 valence electrons. The predicted octanol–water partition coefficient (Wildman–Crippen LogP) is 1.47. The first-order valence-electron chi connectivity index (χ1n) is 6.58. The van der Waals surface area contributed by atoms with Crippen molar-refractivity contribution in [2.24, 2.45) is 5.92 Å². The summed E-state index contributed by atoms with van der Waals surface area (Å²) in [7, 11) is 0. The molecule has 1 aliphatic carbocycles. The number of aromatic nitrogens is 2. The molecule has 0 radical (unpaired) electrons. The van der Waals surface area contributed by atoms with Gasteiger partial charge in [0.05, 0.1) is 6.10 Å². The lowest BCUT2D eigenvalue weighted by atomic mass is 10.1. The first-order chi connectivity index (χ1) is 8.54. The van der Waals surface area contributed by atoms with Crippen molar-refractivity contribution < 1.29 is 5.11 Å². The van der Waals surface area contributed by atoms with Crippen LogP contribution >= 0.6 is 0 Å². The van der Waals surface area contributed by atoms with Crippen LogP contribution in [0.1, 0.15) is 44.9 Å². The van der Waals surface area contributed by atoms with Gasteiger partial charge in [0.2, 0.25) is 0 Å². The summed E-state index contributed by atoms with van der Waals surface area (Å²) in [6, 6.07) is 1.44. The zero-order valence-corrected chi connectivity index (χ0v) is 10.9. The largest absolute Gasteiger partial charge is 0.391 e. The maximum absolute atomic E-state index is 11.5. The smallest absolute Gasteiger partial charge is 0.252 e. The van der Waals surface area contributed by atoms with Crippen LogP contribution in [0.3, 0.4) is 0 Å². The number of nitrogens with one attached hydrogen (secondary N) is 2. The number of aliphatic hydroxyl groups is 1. The summed E-state index contributed by atoms with van der Waals surface area (Å²) < 4.78 is 0. The molecule has 1 aliphatic rings. The van der Waals surface area contributed by atoms with E-state index in [0.29, 0.717) is 24.2 Å². The van der Waals surface area contributed by atoms with Gasteiger partial charge >= 0.3 is 0 Å². The van der Waals surface area contributed by atoms with Gasteiger partial charge in [-0.05, 0) is 25.2 Å². The molecule has 0 amide bonds. The van der Waals surface area contributed by atoms with Gasteiger partial charge in [-0.2, -0.15) is 0 Å². The van der Waals surface area contributed by atoms with E-state index in [1.54, 1.807) is 0 Å². The molecule has 3 N–H and O–H groups in total. The zero-order valence-electron chi connectivity index (χ0n) is 10.9. The third kappa shape index (κ3) is 3.84. The second-order valence-corrected chi connectivity index (χ2v) is 5.45. The predicted molar refractivity (Wildman–Crippen MR) is 70.8 cm³/mol. The third-order valence-electron chi connectivity index (χ3n) is 2.99. The second kappa shape index (κ2) is 5.52. The summed E-state index contributed by atoms with van der Waals surface area (Å²) >= 11 is 0. The Labute approximate surface area is 107 Å². The van der Waals surface area contributed by atoms with Crippen molar-refractivity contribution in [1.82, 2.24) is 9.97 Å². The lowest BCUT2D eigenvalue weighted by Crippen LogP contribution is -2.23. The van der Waals surface area contributed by atoms with E-state index in [4.69, 9.17) is 0 Å². The number of nitrogens with zero attached hydrogens (tertiary/aromatic N) is 1. The van der Waals surface area contributed by atoms with Gasteiger partial charge in [0.15, 0.2) is 0 Å². The van der Waals surface area contributed by atoms with Crippen LogP contribution < -0.4 is 10.9 Å². The van der Waals surface area contributed by atoms with Gasteiger partial charge in [0.1, 0.15) is 11.6 Å². The number of hydrogen-bond donors (Lipinski definition) is 3. The van der Waals surface area contributed by atoms with Crippen LogP contribution in [0, 0.1) is 5.92 Å². The minimum absolute atomic E-state index is 0.132. The number of hydrogen-bond acceptors (Lipinski definition) is 4. The van der Waals surface area contributed by atoms with Crippen molar-refractivity contribution in [1.29, 1.82) is 0 Å². The Morgan fingerprint density at radius 1 is 1.56 bits per heavy atom. The molecule has 1 unspecified atom stereocenters. The Kier molecular flexibility index (Phi) is 4.01. The van der Waals surface area contributed by atoms with Crippen LogP contribution in [-0.2, 0) is 0 Å². The Hall–Kier alpha value is -1.36. The topological polar surface area (TPSA) is 78.0 Å². The molecule has 1 heterocycles. The number of aromatic amines is 1. The van der Waals surface area contributed by atoms with E-state index in [-0.39, 0.29) is 5.56 Å². The van der Waals surface area contributed by atoms with Gasteiger partial charge in [-0.1, -0.05) is 13.8 Å². The first kappa shape index (κ1) is 13.1. The van der Waals surface area contributed by atoms with Gasteiger partial charge in [-0.25, -0.2) is 4.98 Å². The van der Waals surface area contributed by atoms with Crippen LogP contribution in [0.25, 0.3) is 0 Å². The molecule has 5 nitrogen and oxygen atoms in total. The summed E-state index contributed by atoms with van der Waals surface area (Å²) in [5, 5.41) is 12.8. The van der Waals surface area contributed by atoms with Crippen LogP contribution in [0.4, 0.5) is 5.82 Å². The lowest BCUT2D eigenvalue weighted by Gasteiger charge is -2.14. The van der Waals surface area contributed by atoms with E-state index in [2.05, 4.69) is 29.1 Å².